The highest BCUT2D eigenvalue weighted by atomic mass is 32.1. The summed E-state index contributed by atoms with van der Waals surface area (Å²) in [5, 5.41) is 12.0. The lowest BCUT2D eigenvalue weighted by molar-refractivity contribution is 0.279. The molecule has 27 heavy (non-hydrogen) atoms. The Kier molecular flexibility index (Phi) is 7.38. The van der Waals surface area contributed by atoms with E-state index in [4.69, 9.17) is 4.74 Å². The molecule has 0 radical (unpaired) electrons. The molecule has 0 aliphatic heterocycles. The number of hydrogen-bond donors (Lipinski definition) is 3. The Morgan fingerprint density at radius 3 is 2.59 bits per heavy atom. The zero-order valence-corrected chi connectivity index (χ0v) is 14.8. The van der Waals surface area contributed by atoms with Crippen LogP contribution < -0.4 is 15.8 Å². The molecular weight excluding hydrogens is 374 g/mol. The molecule has 3 rings (SSSR count). The largest absolute Gasteiger partial charge is 0.508 e. The molecule has 4 N–H and O–H groups in total. The van der Waals surface area contributed by atoms with Crippen molar-refractivity contribution in [2.24, 2.45) is 5.73 Å². The lowest BCUT2D eigenvalue weighted by atomic mass is 10.2. The van der Waals surface area contributed by atoms with E-state index in [0.717, 1.165) is 11.7 Å². The van der Waals surface area contributed by atoms with E-state index in [2.05, 4.69) is 33.2 Å². The van der Waals surface area contributed by atoms with Crippen molar-refractivity contribution >= 4 is 29.2 Å². The molecule has 0 amide bonds. The number of aromatic nitrogens is 2. The predicted octanol–water partition coefficient (Wildman–Crippen LogP) is 3.69. The first-order valence-electron chi connectivity index (χ1n) is 7.63. The molecule has 0 fully saturated rings. The quantitative estimate of drug-likeness (QED) is 0.572. The summed E-state index contributed by atoms with van der Waals surface area (Å²) in [5.74, 6) is -1.35. The van der Waals surface area contributed by atoms with Gasteiger partial charge in [0.15, 0.2) is 11.6 Å². The van der Waals surface area contributed by atoms with Crippen molar-refractivity contribution in [2.75, 3.05) is 5.32 Å². The summed E-state index contributed by atoms with van der Waals surface area (Å²) in [6, 6.07) is 12.3. The summed E-state index contributed by atoms with van der Waals surface area (Å²) >= 11 is 4.05. The van der Waals surface area contributed by atoms with Gasteiger partial charge in [-0.15, -0.1) is 0 Å². The molecule has 0 aliphatic carbocycles. The van der Waals surface area contributed by atoms with Gasteiger partial charge in [0.2, 0.25) is 0 Å². The average molecular weight is 390 g/mol. The van der Waals surface area contributed by atoms with E-state index < -0.39 is 11.6 Å². The lowest BCUT2D eigenvalue weighted by Gasteiger charge is -2.09. The Morgan fingerprint density at radius 1 is 1.15 bits per heavy atom. The van der Waals surface area contributed by atoms with E-state index in [9.17, 15) is 13.9 Å². The fraction of sp³-hybridized carbons (Fsp3) is 0.0556. The average Bonchev–Trinajstić information content (AvgIpc) is 2.65. The second-order valence-electron chi connectivity index (χ2n) is 5.05. The number of benzene rings is 2. The number of halogens is 2. The molecule has 0 aliphatic rings. The summed E-state index contributed by atoms with van der Waals surface area (Å²) in [6.07, 6.45) is 0.938. The number of aromatic hydroxyl groups is 1. The van der Waals surface area contributed by atoms with Crippen molar-refractivity contribution in [3.05, 3.63) is 71.9 Å². The molecule has 0 atom stereocenters. The zero-order valence-electron chi connectivity index (χ0n) is 14.0. The minimum atomic E-state index is -0.733. The number of phenolic OH excluding ortho intramolecular Hbond substituents is 1. The lowest BCUT2D eigenvalue weighted by Crippen LogP contribution is -2.04. The monoisotopic (exact) mass is 390 g/mol. The van der Waals surface area contributed by atoms with Crippen LogP contribution in [0.5, 0.6) is 11.8 Å². The van der Waals surface area contributed by atoms with Crippen LogP contribution in [0.3, 0.4) is 0 Å². The van der Waals surface area contributed by atoms with E-state index in [0.29, 0.717) is 5.56 Å². The maximum absolute atomic E-state index is 13.8. The van der Waals surface area contributed by atoms with Gasteiger partial charge in [0.1, 0.15) is 18.2 Å². The fourth-order valence-corrected chi connectivity index (χ4v) is 1.99. The first-order chi connectivity index (χ1) is 13.0. The zero-order chi connectivity index (χ0) is 19.6. The van der Waals surface area contributed by atoms with E-state index in [1.807, 2.05) is 0 Å². The molecule has 0 saturated heterocycles. The van der Waals surface area contributed by atoms with Gasteiger partial charge in [0.05, 0.1) is 17.4 Å². The summed E-state index contributed by atoms with van der Waals surface area (Å²) in [6.45, 7) is 0.0964. The predicted molar refractivity (Wildman–Crippen MR) is 102 cm³/mol. The molecule has 0 saturated carbocycles. The number of nitrogens with zero attached hydrogens (tertiary/aromatic N) is 2. The van der Waals surface area contributed by atoms with Crippen LogP contribution in [0.2, 0.25) is 0 Å². The van der Waals surface area contributed by atoms with Crippen molar-refractivity contribution in [1.82, 2.24) is 9.97 Å². The van der Waals surface area contributed by atoms with Crippen molar-refractivity contribution in [3.63, 3.8) is 0 Å². The Bertz CT molecular complexity index is 912. The summed E-state index contributed by atoms with van der Waals surface area (Å²) < 4.78 is 32.8. The van der Waals surface area contributed by atoms with Crippen LogP contribution in [0.15, 0.2) is 54.7 Å². The number of nitrogens with two attached hydrogens (primary N) is 1. The number of ether oxygens (including phenoxy) is 1. The van der Waals surface area contributed by atoms with Crippen LogP contribution in [0.1, 0.15) is 5.56 Å². The minimum absolute atomic E-state index is 0.0708. The first-order valence-corrected chi connectivity index (χ1v) is 8.10. The smallest absolute Gasteiger partial charge is 0.318 e. The van der Waals surface area contributed by atoms with E-state index in [1.165, 1.54) is 30.3 Å². The molecule has 0 bridgehead atoms. The fourth-order valence-electron chi connectivity index (χ4n) is 1.99. The SMILES string of the molecule is NC=S.Oc1cccc(COc2ncc(F)c(Nc3ccccc3F)n2)c1. The molecule has 1 heterocycles. The van der Waals surface area contributed by atoms with Crippen LogP contribution in [0, 0.1) is 11.6 Å². The van der Waals surface area contributed by atoms with Gasteiger partial charge in [-0.2, -0.15) is 4.98 Å². The third-order valence-corrected chi connectivity index (χ3v) is 3.13. The standard InChI is InChI=1S/C17H13F2N3O2.CH3NS/c18-13-6-1-2-7-15(13)21-16-14(19)9-20-17(22-16)24-10-11-4-3-5-12(23)8-11;2-1-3/h1-9,23H,10H2,(H,20,21,22);1H,(H2,2,3). The van der Waals surface area contributed by atoms with E-state index in [1.54, 1.807) is 18.2 Å². The van der Waals surface area contributed by atoms with Gasteiger partial charge in [-0.1, -0.05) is 36.5 Å². The molecule has 6 nitrogen and oxygen atoms in total. The highest BCUT2D eigenvalue weighted by Gasteiger charge is 2.10. The molecule has 2 aromatic carbocycles. The summed E-state index contributed by atoms with van der Waals surface area (Å²) in [7, 11) is 0. The normalized spacial score (nSPS) is 9.70. The number of hydrogen-bond acceptors (Lipinski definition) is 6. The number of thiocarbonyl (C=S) groups is 1. The maximum atomic E-state index is 13.8. The number of para-hydroxylation sites is 1. The third-order valence-electron chi connectivity index (χ3n) is 3.13. The number of nitrogens with one attached hydrogen (secondary N) is 1. The second-order valence-corrected chi connectivity index (χ2v) is 5.32. The van der Waals surface area contributed by atoms with Crippen molar-refractivity contribution in [3.8, 4) is 11.8 Å². The molecule has 1 aromatic heterocycles. The summed E-state index contributed by atoms with van der Waals surface area (Å²) in [5.41, 5.74) is 6.41. The molecule has 140 valence electrons. The van der Waals surface area contributed by atoms with Crippen LogP contribution in [0.4, 0.5) is 20.3 Å². The second kappa shape index (κ2) is 9.97. The molecular formula is C18H16F2N4O2S. The number of phenols is 1. The number of rotatable bonds is 5. The van der Waals surface area contributed by atoms with Gasteiger partial charge in [0, 0.05) is 0 Å². The highest BCUT2D eigenvalue weighted by molar-refractivity contribution is 7.78. The van der Waals surface area contributed by atoms with Gasteiger partial charge in [-0.25, -0.2) is 13.8 Å². The van der Waals surface area contributed by atoms with E-state index >= 15 is 0 Å². The van der Waals surface area contributed by atoms with Crippen molar-refractivity contribution in [1.29, 1.82) is 0 Å². The van der Waals surface area contributed by atoms with Crippen LogP contribution >= 0.6 is 12.2 Å². The minimum Gasteiger partial charge on any atom is -0.508 e. The Labute approximate surface area is 159 Å². The van der Waals surface area contributed by atoms with E-state index in [-0.39, 0.29) is 29.9 Å². The Hall–Kier alpha value is -3.33. The Balaban J connectivity index is 0.000000817. The van der Waals surface area contributed by atoms with Crippen molar-refractivity contribution in [2.45, 2.75) is 6.61 Å². The van der Waals surface area contributed by atoms with Crippen molar-refractivity contribution < 1.29 is 18.6 Å². The van der Waals surface area contributed by atoms with Gasteiger partial charge in [-0.3, -0.25) is 0 Å². The van der Waals surface area contributed by atoms with Crippen LogP contribution in [-0.4, -0.2) is 20.6 Å². The molecule has 0 unspecified atom stereocenters. The van der Waals surface area contributed by atoms with Crippen LogP contribution in [-0.2, 0) is 6.61 Å². The van der Waals surface area contributed by atoms with Gasteiger partial charge >= 0.3 is 6.01 Å². The highest BCUT2D eigenvalue weighted by Crippen LogP contribution is 2.22. The Morgan fingerprint density at radius 2 is 1.89 bits per heavy atom. The van der Waals surface area contributed by atoms with Gasteiger partial charge in [-0.05, 0) is 29.8 Å². The maximum Gasteiger partial charge on any atom is 0.318 e. The van der Waals surface area contributed by atoms with Gasteiger partial charge in [0.25, 0.3) is 0 Å². The topological polar surface area (TPSA) is 93.3 Å². The molecule has 3 aromatic rings. The first kappa shape index (κ1) is 20.0. The summed E-state index contributed by atoms with van der Waals surface area (Å²) in [4.78, 5) is 7.63. The van der Waals surface area contributed by atoms with Gasteiger partial charge < -0.3 is 20.9 Å². The van der Waals surface area contributed by atoms with Crippen LogP contribution in [0.25, 0.3) is 0 Å². The molecule has 0 spiro atoms. The molecule has 9 heteroatoms. The third kappa shape index (κ3) is 6.15. The number of anilines is 2.